The van der Waals surface area contributed by atoms with E-state index in [4.69, 9.17) is 0 Å². The summed E-state index contributed by atoms with van der Waals surface area (Å²) in [6.45, 7) is 3.67. The van der Waals surface area contributed by atoms with Crippen molar-refractivity contribution in [1.82, 2.24) is 0 Å². The van der Waals surface area contributed by atoms with Crippen LogP contribution in [0.4, 0.5) is 0 Å². The van der Waals surface area contributed by atoms with Gasteiger partial charge in [-0.3, -0.25) is 0 Å². The van der Waals surface area contributed by atoms with Crippen molar-refractivity contribution in [3.05, 3.63) is 12.7 Å². The number of hydrogen-bond donors (Lipinski definition) is 0. The van der Waals surface area contributed by atoms with Gasteiger partial charge in [0.25, 0.3) is 0 Å². The first-order valence-electron chi connectivity index (χ1n) is 3.93. The summed E-state index contributed by atoms with van der Waals surface area (Å²) in [6, 6.07) is 0. The average molecular weight is 139 g/mol. The molecule has 0 aromatic rings. The lowest BCUT2D eigenvalue weighted by Crippen LogP contribution is -1.77. The summed E-state index contributed by atoms with van der Waals surface area (Å²) >= 11 is 0. The van der Waals surface area contributed by atoms with Crippen LogP contribution in [0, 0.1) is 0 Å². The molecular weight excluding hydrogens is 122 g/mol. The summed E-state index contributed by atoms with van der Waals surface area (Å²) in [7, 11) is 1.82. The normalized spacial score (nSPS) is 10.5. The molecule has 0 aromatic heterocycles. The molecule has 10 heavy (non-hydrogen) atoms. The van der Waals surface area contributed by atoms with Gasteiger partial charge in [-0.05, 0) is 31.9 Å². The molecular formula is C9H17N. The maximum absolute atomic E-state index is 3.91. The number of aliphatic imine (C=N–C) groups is 1. The fourth-order valence-corrected chi connectivity index (χ4v) is 0.830. The highest BCUT2D eigenvalue weighted by Crippen LogP contribution is 2.01. The van der Waals surface area contributed by atoms with Gasteiger partial charge in [-0.2, -0.15) is 0 Å². The third-order valence-corrected chi connectivity index (χ3v) is 1.42. The second-order valence-corrected chi connectivity index (χ2v) is 2.37. The molecule has 0 spiro atoms. The van der Waals surface area contributed by atoms with E-state index in [1.807, 2.05) is 19.3 Å². The Morgan fingerprint density at radius 2 is 1.90 bits per heavy atom. The smallest absolute Gasteiger partial charge is 0.0273 e. The highest BCUT2D eigenvalue weighted by molar-refractivity contribution is 5.56. The average Bonchev–Trinajstić information content (AvgIpc) is 1.97. The van der Waals surface area contributed by atoms with E-state index < -0.39 is 0 Å². The van der Waals surface area contributed by atoms with E-state index in [9.17, 15) is 0 Å². The predicted octanol–water partition coefficient (Wildman–Crippen LogP) is 2.82. The van der Waals surface area contributed by atoms with Gasteiger partial charge in [0, 0.05) is 7.05 Å². The lowest BCUT2D eigenvalue weighted by atomic mass is 10.1. The molecule has 0 unspecified atom stereocenters. The summed E-state index contributed by atoms with van der Waals surface area (Å²) in [5.41, 5.74) is 0. The van der Waals surface area contributed by atoms with Gasteiger partial charge in [0.05, 0.1) is 0 Å². The molecule has 0 aliphatic heterocycles. The van der Waals surface area contributed by atoms with E-state index in [0.717, 1.165) is 12.8 Å². The Kier molecular flexibility index (Phi) is 7.91. The van der Waals surface area contributed by atoms with Gasteiger partial charge in [-0.25, -0.2) is 0 Å². The molecule has 0 saturated carbocycles. The first-order valence-corrected chi connectivity index (χ1v) is 3.93. The quantitative estimate of drug-likeness (QED) is 0.305. The molecule has 0 rings (SSSR count). The Labute approximate surface area is 63.9 Å². The van der Waals surface area contributed by atoms with Crippen molar-refractivity contribution in [1.29, 1.82) is 0 Å². The molecule has 0 bridgehead atoms. The lowest BCUT2D eigenvalue weighted by Gasteiger charge is -1.92. The van der Waals surface area contributed by atoms with Crippen molar-refractivity contribution < 1.29 is 0 Å². The van der Waals surface area contributed by atoms with E-state index in [-0.39, 0.29) is 0 Å². The van der Waals surface area contributed by atoms with Crippen molar-refractivity contribution >= 4 is 6.21 Å². The Morgan fingerprint density at radius 3 is 2.50 bits per heavy atom. The highest BCUT2D eigenvalue weighted by Gasteiger charge is 1.84. The first-order chi connectivity index (χ1) is 4.91. The van der Waals surface area contributed by atoms with Crippen LogP contribution in [0.1, 0.15) is 32.1 Å². The molecule has 1 heteroatoms. The number of nitrogens with zero attached hydrogens (tertiary/aromatic N) is 1. The van der Waals surface area contributed by atoms with E-state index >= 15 is 0 Å². The minimum atomic E-state index is 1.13. The number of rotatable bonds is 6. The monoisotopic (exact) mass is 139 g/mol. The molecule has 0 aliphatic carbocycles. The van der Waals surface area contributed by atoms with Gasteiger partial charge < -0.3 is 4.99 Å². The zero-order valence-electron chi connectivity index (χ0n) is 6.84. The standard InChI is InChI=1S/C9H17N/c1-3-4-5-6-7-8-9-10-2/h3,9H,1,4-8H2,2H3/b10-9+. The minimum Gasteiger partial charge on any atom is -0.301 e. The second kappa shape index (κ2) is 8.41. The first kappa shape index (κ1) is 9.41. The SMILES string of the molecule is C=CCCCCC/C=N/C. The Hall–Kier alpha value is -0.590. The zero-order valence-corrected chi connectivity index (χ0v) is 6.84. The van der Waals surface area contributed by atoms with Crippen LogP contribution in [-0.4, -0.2) is 13.3 Å². The molecule has 0 amide bonds. The maximum Gasteiger partial charge on any atom is 0.0273 e. The largest absolute Gasteiger partial charge is 0.301 e. The Balaban J connectivity index is 2.83. The van der Waals surface area contributed by atoms with Crippen molar-refractivity contribution in [2.24, 2.45) is 4.99 Å². The van der Waals surface area contributed by atoms with E-state index in [2.05, 4.69) is 11.6 Å². The van der Waals surface area contributed by atoms with E-state index in [1.54, 1.807) is 0 Å². The number of unbranched alkanes of at least 4 members (excludes halogenated alkanes) is 4. The van der Waals surface area contributed by atoms with Crippen LogP contribution in [-0.2, 0) is 0 Å². The zero-order chi connectivity index (χ0) is 7.66. The van der Waals surface area contributed by atoms with Crippen LogP contribution in [0.3, 0.4) is 0 Å². The fraction of sp³-hybridized carbons (Fsp3) is 0.667. The van der Waals surface area contributed by atoms with Crippen molar-refractivity contribution in [3.63, 3.8) is 0 Å². The second-order valence-electron chi connectivity index (χ2n) is 2.37. The Morgan fingerprint density at radius 1 is 1.20 bits per heavy atom. The molecule has 0 aliphatic rings. The predicted molar refractivity (Wildman–Crippen MR) is 47.7 cm³/mol. The molecule has 0 saturated heterocycles. The van der Waals surface area contributed by atoms with Crippen molar-refractivity contribution in [2.75, 3.05) is 7.05 Å². The van der Waals surface area contributed by atoms with Crippen LogP contribution >= 0.6 is 0 Å². The van der Waals surface area contributed by atoms with Crippen molar-refractivity contribution in [3.8, 4) is 0 Å². The molecule has 0 heterocycles. The minimum absolute atomic E-state index is 1.13. The topological polar surface area (TPSA) is 12.4 Å². The summed E-state index contributed by atoms with van der Waals surface area (Å²) < 4.78 is 0. The summed E-state index contributed by atoms with van der Waals surface area (Å²) in [6.07, 6.45) is 10.1. The molecule has 0 radical (unpaired) electrons. The van der Waals surface area contributed by atoms with Crippen LogP contribution in [0.25, 0.3) is 0 Å². The third kappa shape index (κ3) is 7.41. The van der Waals surface area contributed by atoms with Crippen LogP contribution in [0.15, 0.2) is 17.6 Å². The van der Waals surface area contributed by atoms with Crippen LogP contribution < -0.4 is 0 Å². The third-order valence-electron chi connectivity index (χ3n) is 1.42. The molecule has 58 valence electrons. The summed E-state index contributed by atoms with van der Waals surface area (Å²) in [4.78, 5) is 3.91. The van der Waals surface area contributed by atoms with E-state index in [1.165, 1.54) is 19.3 Å². The van der Waals surface area contributed by atoms with Gasteiger partial charge in [-0.15, -0.1) is 6.58 Å². The van der Waals surface area contributed by atoms with Crippen LogP contribution in [0.5, 0.6) is 0 Å². The molecule has 0 aromatic carbocycles. The maximum atomic E-state index is 3.91. The van der Waals surface area contributed by atoms with Gasteiger partial charge in [0.2, 0.25) is 0 Å². The number of allylic oxidation sites excluding steroid dienone is 1. The molecule has 0 atom stereocenters. The Bertz CT molecular complexity index is 94.9. The fourth-order valence-electron chi connectivity index (χ4n) is 0.830. The number of hydrogen-bond acceptors (Lipinski definition) is 1. The highest BCUT2D eigenvalue weighted by atomic mass is 14.6. The van der Waals surface area contributed by atoms with Gasteiger partial charge >= 0.3 is 0 Å². The lowest BCUT2D eigenvalue weighted by molar-refractivity contribution is 0.710. The van der Waals surface area contributed by atoms with Crippen LogP contribution in [0.2, 0.25) is 0 Å². The molecule has 0 N–H and O–H groups in total. The molecule has 0 fully saturated rings. The summed E-state index contributed by atoms with van der Waals surface area (Å²) in [5, 5.41) is 0. The van der Waals surface area contributed by atoms with Gasteiger partial charge in [0.15, 0.2) is 0 Å². The van der Waals surface area contributed by atoms with Gasteiger partial charge in [-0.1, -0.05) is 12.5 Å². The molecule has 1 nitrogen and oxygen atoms in total. The van der Waals surface area contributed by atoms with E-state index in [0.29, 0.717) is 0 Å². The summed E-state index contributed by atoms with van der Waals surface area (Å²) in [5.74, 6) is 0. The van der Waals surface area contributed by atoms with Gasteiger partial charge in [0.1, 0.15) is 0 Å². The van der Waals surface area contributed by atoms with Crippen molar-refractivity contribution in [2.45, 2.75) is 32.1 Å².